The largest absolute Gasteiger partial charge is 0.437 e. The molecule has 0 spiro atoms. The summed E-state index contributed by atoms with van der Waals surface area (Å²) in [5.74, 6) is 1.07. The number of benzene rings is 2. The van der Waals surface area contributed by atoms with Crippen LogP contribution in [0, 0.1) is 0 Å². The van der Waals surface area contributed by atoms with Crippen LogP contribution in [0.4, 0.5) is 0 Å². The van der Waals surface area contributed by atoms with Gasteiger partial charge in [0.25, 0.3) is 0 Å². The van der Waals surface area contributed by atoms with E-state index in [1.807, 2.05) is 36.4 Å². The zero-order chi connectivity index (χ0) is 14.8. The summed E-state index contributed by atoms with van der Waals surface area (Å²) in [6.45, 7) is 0.356. The summed E-state index contributed by atoms with van der Waals surface area (Å²) >= 11 is 9.57. The van der Waals surface area contributed by atoms with Crippen molar-refractivity contribution in [3.63, 3.8) is 0 Å². The van der Waals surface area contributed by atoms with Gasteiger partial charge in [0.05, 0.1) is 10.7 Å². The Morgan fingerprint density at radius 1 is 1.14 bits per heavy atom. The summed E-state index contributed by atoms with van der Waals surface area (Å²) in [5.41, 5.74) is 6.48. The van der Waals surface area contributed by atoms with Crippen molar-refractivity contribution in [3.05, 3.63) is 63.7 Å². The van der Waals surface area contributed by atoms with Gasteiger partial charge in [0.2, 0.25) is 5.88 Å². The normalized spacial score (nSPS) is 10.8. The molecule has 0 aliphatic rings. The standard InChI is InChI=1S/C16H12BrClN2O/c17-11-5-6-15(14(18)8-11)21-16-13-4-2-1-3-10(13)7-12(9-19)20-16/h1-8H,9,19H2. The van der Waals surface area contributed by atoms with Crippen LogP contribution in [0.2, 0.25) is 5.02 Å². The predicted molar refractivity (Wildman–Crippen MR) is 88.9 cm³/mol. The number of nitrogens with two attached hydrogens (primary N) is 1. The maximum Gasteiger partial charge on any atom is 0.227 e. The van der Waals surface area contributed by atoms with Crippen LogP contribution >= 0.6 is 27.5 Å². The highest BCUT2D eigenvalue weighted by atomic mass is 79.9. The van der Waals surface area contributed by atoms with Crippen LogP contribution < -0.4 is 10.5 Å². The van der Waals surface area contributed by atoms with E-state index in [1.54, 1.807) is 12.1 Å². The number of ether oxygens (including phenoxy) is 1. The highest BCUT2D eigenvalue weighted by molar-refractivity contribution is 9.10. The molecule has 5 heteroatoms. The molecule has 0 amide bonds. The number of rotatable bonds is 3. The second-order valence-corrected chi connectivity index (χ2v) is 5.84. The third kappa shape index (κ3) is 3.02. The van der Waals surface area contributed by atoms with E-state index in [-0.39, 0.29) is 0 Å². The Hall–Kier alpha value is -1.62. The molecule has 0 bridgehead atoms. The Labute approximate surface area is 135 Å². The zero-order valence-corrected chi connectivity index (χ0v) is 13.4. The van der Waals surface area contributed by atoms with Crippen molar-refractivity contribution in [2.24, 2.45) is 5.73 Å². The average Bonchev–Trinajstić information content (AvgIpc) is 2.49. The monoisotopic (exact) mass is 362 g/mol. The number of hydrogen-bond donors (Lipinski definition) is 1. The SMILES string of the molecule is NCc1cc2ccccc2c(Oc2ccc(Br)cc2Cl)n1. The lowest BCUT2D eigenvalue weighted by Gasteiger charge is -2.11. The summed E-state index contributed by atoms with van der Waals surface area (Å²) in [7, 11) is 0. The molecule has 3 aromatic rings. The minimum Gasteiger partial charge on any atom is -0.437 e. The minimum absolute atomic E-state index is 0.356. The van der Waals surface area contributed by atoms with Crippen LogP contribution in [0.5, 0.6) is 11.6 Å². The quantitative estimate of drug-likeness (QED) is 0.720. The van der Waals surface area contributed by atoms with Crippen molar-refractivity contribution < 1.29 is 4.74 Å². The van der Waals surface area contributed by atoms with Gasteiger partial charge in [-0.1, -0.05) is 45.7 Å². The number of pyridine rings is 1. The maximum atomic E-state index is 6.20. The van der Waals surface area contributed by atoms with Gasteiger partial charge in [-0.3, -0.25) is 0 Å². The lowest BCUT2D eigenvalue weighted by molar-refractivity contribution is 0.467. The lowest BCUT2D eigenvalue weighted by atomic mass is 10.1. The molecule has 1 aromatic heterocycles. The molecule has 3 rings (SSSR count). The van der Waals surface area contributed by atoms with Gasteiger partial charge in [0.15, 0.2) is 0 Å². The van der Waals surface area contributed by atoms with Crippen LogP contribution in [0.1, 0.15) is 5.69 Å². The fourth-order valence-electron chi connectivity index (χ4n) is 2.06. The lowest BCUT2D eigenvalue weighted by Crippen LogP contribution is -2.01. The summed E-state index contributed by atoms with van der Waals surface area (Å²) in [5, 5.41) is 2.48. The molecule has 1 heterocycles. The molecular weight excluding hydrogens is 352 g/mol. The van der Waals surface area contributed by atoms with Gasteiger partial charge in [0.1, 0.15) is 5.75 Å². The van der Waals surface area contributed by atoms with Crippen molar-refractivity contribution in [1.82, 2.24) is 4.98 Å². The zero-order valence-electron chi connectivity index (χ0n) is 11.0. The molecule has 2 N–H and O–H groups in total. The number of halogens is 2. The third-order valence-corrected chi connectivity index (χ3v) is 3.86. The number of hydrogen-bond acceptors (Lipinski definition) is 3. The summed E-state index contributed by atoms with van der Waals surface area (Å²) in [4.78, 5) is 4.46. The van der Waals surface area contributed by atoms with E-state index in [2.05, 4.69) is 20.9 Å². The van der Waals surface area contributed by atoms with Crippen LogP contribution in [0.15, 0.2) is 53.0 Å². The van der Waals surface area contributed by atoms with Crippen LogP contribution in [-0.4, -0.2) is 4.98 Å². The number of fused-ring (bicyclic) bond motifs is 1. The Morgan fingerprint density at radius 2 is 1.95 bits per heavy atom. The van der Waals surface area contributed by atoms with E-state index in [0.29, 0.717) is 23.2 Å². The van der Waals surface area contributed by atoms with Crippen molar-refractivity contribution in [2.45, 2.75) is 6.54 Å². The summed E-state index contributed by atoms with van der Waals surface area (Å²) in [6.07, 6.45) is 0. The molecule has 0 saturated carbocycles. The van der Waals surface area contributed by atoms with Gasteiger partial charge in [0, 0.05) is 16.4 Å². The van der Waals surface area contributed by atoms with Crippen molar-refractivity contribution >= 4 is 38.3 Å². The molecule has 0 fully saturated rings. The Morgan fingerprint density at radius 3 is 2.71 bits per heavy atom. The molecule has 21 heavy (non-hydrogen) atoms. The minimum atomic E-state index is 0.356. The maximum absolute atomic E-state index is 6.20. The third-order valence-electron chi connectivity index (χ3n) is 3.07. The van der Waals surface area contributed by atoms with Crippen LogP contribution in [0.25, 0.3) is 10.8 Å². The van der Waals surface area contributed by atoms with Crippen molar-refractivity contribution in [2.75, 3.05) is 0 Å². The topological polar surface area (TPSA) is 48.1 Å². The van der Waals surface area contributed by atoms with Crippen LogP contribution in [0.3, 0.4) is 0 Å². The molecular formula is C16H12BrClN2O. The molecule has 0 saturated heterocycles. The first kappa shape index (κ1) is 14.3. The fraction of sp³-hybridized carbons (Fsp3) is 0.0625. The van der Waals surface area contributed by atoms with E-state index in [0.717, 1.165) is 20.9 Å². The highest BCUT2D eigenvalue weighted by Crippen LogP contribution is 2.34. The van der Waals surface area contributed by atoms with Gasteiger partial charge < -0.3 is 10.5 Å². The molecule has 0 aliphatic carbocycles. The van der Waals surface area contributed by atoms with E-state index in [9.17, 15) is 0 Å². The average molecular weight is 364 g/mol. The smallest absolute Gasteiger partial charge is 0.227 e. The molecule has 0 atom stereocenters. The molecule has 3 nitrogen and oxygen atoms in total. The van der Waals surface area contributed by atoms with Crippen LogP contribution in [-0.2, 0) is 6.54 Å². The summed E-state index contributed by atoms with van der Waals surface area (Å²) < 4.78 is 6.80. The highest BCUT2D eigenvalue weighted by Gasteiger charge is 2.10. The number of aromatic nitrogens is 1. The first-order chi connectivity index (χ1) is 10.2. The van der Waals surface area contributed by atoms with Gasteiger partial charge in [-0.15, -0.1) is 0 Å². The van der Waals surface area contributed by atoms with Gasteiger partial charge in [-0.2, -0.15) is 0 Å². The fourth-order valence-corrected chi connectivity index (χ4v) is 2.78. The second-order valence-electron chi connectivity index (χ2n) is 4.52. The Kier molecular flexibility index (Phi) is 4.10. The van der Waals surface area contributed by atoms with Crippen molar-refractivity contribution in [1.29, 1.82) is 0 Å². The Balaban J connectivity index is 2.10. The molecule has 0 unspecified atom stereocenters. The van der Waals surface area contributed by atoms with E-state index < -0.39 is 0 Å². The van der Waals surface area contributed by atoms with Gasteiger partial charge in [-0.25, -0.2) is 4.98 Å². The molecule has 0 aliphatic heterocycles. The van der Waals surface area contributed by atoms with Gasteiger partial charge >= 0.3 is 0 Å². The van der Waals surface area contributed by atoms with E-state index in [4.69, 9.17) is 22.1 Å². The molecule has 0 radical (unpaired) electrons. The van der Waals surface area contributed by atoms with Crippen molar-refractivity contribution in [3.8, 4) is 11.6 Å². The predicted octanol–water partition coefficient (Wildman–Crippen LogP) is 4.90. The first-order valence-electron chi connectivity index (χ1n) is 6.39. The van der Waals surface area contributed by atoms with E-state index >= 15 is 0 Å². The van der Waals surface area contributed by atoms with Gasteiger partial charge in [-0.05, 0) is 35.7 Å². The van der Waals surface area contributed by atoms with E-state index in [1.165, 1.54) is 0 Å². The first-order valence-corrected chi connectivity index (χ1v) is 7.56. The summed E-state index contributed by atoms with van der Waals surface area (Å²) in [6, 6.07) is 15.3. The molecule has 2 aromatic carbocycles. The second kappa shape index (κ2) is 6.02. The molecule has 106 valence electrons. The Bertz CT molecular complexity index is 807. The number of nitrogens with zero attached hydrogens (tertiary/aromatic N) is 1.